The summed E-state index contributed by atoms with van der Waals surface area (Å²) < 4.78 is 16.1. The summed E-state index contributed by atoms with van der Waals surface area (Å²) in [6, 6.07) is 6.74. The van der Waals surface area contributed by atoms with E-state index in [1.165, 1.54) is 27.4 Å². The normalized spacial score (nSPS) is 10.1. The van der Waals surface area contributed by atoms with Crippen molar-refractivity contribution >= 4 is 17.6 Å². The summed E-state index contributed by atoms with van der Waals surface area (Å²) in [5, 5.41) is 19.8. The van der Waals surface area contributed by atoms with Gasteiger partial charge in [-0.15, -0.1) is 0 Å². The van der Waals surface area contributed by atoms with Crippen LogP contribution in [0.3, 0.4) is 0 Å². The van der Waals surface area contributed by atoms with Crippen LogP contribution in [0.4, 0.5) is 0 Å². The predicted octanol–water partition coefficient (Wildman–Crippen LogP) is 3.83. The summed E-state index contributed by atoms with van der Waals surface area (Å²) in [5.74, 6) is -0.606. The van der Waals surface area contributed by atoms with E-state index in [1.54, 1.807) is 24.3 Å². The van der Waals surface area contributed by atoms with Gasteiger partial charge >= 0.3 is 5.97 Å². The van der Waals surface area contributed by atoms with E-state index in [2.05, 4.69) is 13.2 Å². The number of aromatic hydroxyl groups is 1. The summed E-state index contributed by atoms with van der Waals surface area (Å²) in [4.78, 5) is 11.2. The number of hydrogen-bond donors (Lipinski definition) is 2. The lowest BCUT2D eigenvalue weighted by Crippen LogP contribution is -2.01. The summed E-state index contributed by atoms with van der Waals surface area (Å²) in [6.07, 6.45) is 1.47. The summed E-state index contributed by atoms with van der Waals surface area (Å²) in [7, 11) is 4.30. The molecule has 0 radical (unpaired) electrons. The SMILES string of the molecule is C=Cc1c(O)c(OC)c(OC)c(OC)c1-c1cccc(C(=C)C(=O)O)c1. The maximum Gasteiger partial charge on any atom is 0.335 e. The predicted molar refractivity (Wildman–Crippen MR) is 100.0 cm³/mol. The van der Waals surface area contributed by atoms with Crippen LogP contribution in [0.15, 0.2) is 37.4 Å². The fourth-order valence-electron chi connectivity index (χ4n) is 2.73. The van der Waals surface area contributed by atoms with Crippen LogP contribution < -0.4 is 14.2 Å². The third kappa shape index (κ3) is 3.09. The average Bonchev–Trinajstić information content (AvgIpc) is 2.65. The van der Waals surface area contributed by atoms with Gasteiger partial charge in [0.25, 0.3) is 0 Å². The molecule has 0 bridgehead atoms. The first-order valence-corrected chi connectivity index (χ1v) is 7.61. The molecule has 2 aromatic carbocycles. The number of phenolic OH excluding ortho intramolecular Hbond substituents is 1. The molecule has 0 aliphatic rings. The van der Waals surface area contributed by atoms with E-state index in [-0.39, 0.29) is 22.8 Å². The van der Waals surface area contributed by atoms with Gasteiger partial charge < -0.3 is 24.4 Å². The van der Waals surface area contributed by atoms with Gasteiger partial charge in [0.15, 0.2) is 11.5 Å². The van der Waals surface area contributed by atoms with E-state index in [0.29, 0.717) is 28.0 Å². The second-order valence-corrected chi connectivity index (χ2v) is 5.31. The number of carbonyl (C=O) groups is 1. The van der Waals surface area contributed by atoms with E-state index in [9.17, 15) is 15.0 Å². The first-order chi connectivity index (χ1) is 12.4. The molecular formula is C20H20O6. The number of benzene rings is 2. The maximum atomic E-state index is 11.2. The number of rotatable bonds is 7. The van der Waals surface area contributed by atoms with Gasteiger partial charge in [0.05, 0.1) is 26.9 Å². The number of carboxylic acids is 1. The number of phenols is 1. The summed E-state index contributed by atoms with van der Waals surface area (Å²) in [6.45, 7) is 7.32. The van der Waals surface area contributed by atoms with Crippen molar-refractivity contribution in [3.8, 4) is 34.1 Å². The monoisotopic (exact) mass is 356 g/mol. The minimum atomic E-state index is -1.12. The van der Waals surface area contributed by atoms with Crippen molar-refractivity contribution in [1.29, 1.82) is 0 Å². The van der Waals surface area contributed by atoms with E-state index in [4.69, 9.17) is 14.2 Å². The van der Waals surface area contributed by atoms with Crippen molar-refractivity contribution in [1.82, 2.24) is 0 Å². The minimum absolute atomic E-state index is 0.0457. The Labute approximate surface area is 151 Å². The number of aliphatic carboxylic acids is 1. The Morgan fingerprint density at radius 2 is 1.69 bits per heavy atom. The Kier molecular flexibility index (Phi) is 5.57. The van der Waals surface area contributed by atoms with Gasteiger partial charge in [0.2, 0.25) is 11.5 Å². The highest BCUT2D eigenvalue weighted by Gasteiger charge is 2.26. The van der Waals surface area contributed by atoms with Gasteiger partial charge in [-0.25, -0.2) is 4.79 Å². The molecule has 2 N–H and O–H groups in total. The summed E-state index contributed by atoms with van der Waals surface area (Å²) >= 11 is 0. The Morgan fingerprint density at radius 1 is 1.08 bits per heavy atom. The maximum absolute atomic E-state index is 11.2. The van der Waals surface area contributed by atoms with Crippen LogP contribution in [-0.2, 0) is 4.79 Å². The number of ether oxygens (including phenoxy) is 3. The Balaban J connectivity index is 2.87. The first-order valence-electron chi connectivity index (χ1n) is 7.61. The van der Waals surface area contributed by atoms with Gasteiger partial charge in [0.1, 0.15) is 0 Å². The number of hydrogen-bond acceptors (Lipinski definition) is 5. The van der Waals surface area contributed by atoms with Crippen molar-refractivity contribution < 1.29 is 29.2 Å². The Bertz CT molecular complexity index is 882. The van der Waals surface area contributed by atoms with E-state index in [0.717, 1.165) is 0 Å². The molecule has 0 spiro atoms. The van der Waals surface area contributed by atoms with Crippen molar-refractivity contribution in [3.63, 3.8) is 0 Å². The molecule has 2 rings (SSSR count). The van der Waals surface area contributed by atoms with E-state index < -0.39 is 5.97 Å². The molecule has 0 saturated carbocycles. The quantitative estimate of drug-likeness (QED) is 0.734. The molecule has 0 aliphatic heterocycles. The largest absolute Gasteiger partial charge is 0.504 e. The van der Waals surface area contributed by atoms with E-state index >= 15 is 0 Å². The highest BCUT2D eigenvalue weighted by atomic mass is 16.5. The van der Waals surface area contributed by atoms with Gasteiger partial charge in [-0.3, -0.25) is 0 Å². The fourth-order valence-corrected chi connectivity index (χ4v) is 2.73. The zero-order chi connectivity index (χ0) is 19.4. The van der Waals surface area contributed by atoms with Crippen LogP contribution in [0.2, 0.25) is 0 Å². The smallest absolute Gasteiger partial charge is 0.335 e. The molecule has 136 valence electrons. The van der Waals surface area contributed by atoms with Gasteiger partial charge in [-0.05, 0) is 17.2 Å². The zero-order valence-electron chi connectivity index (χ0n) is 14.8. The lowest BCUT2D eigenvalue weighted by molar-refractivity contribution is -0.130. The van der Waals surface area contributed by atoms with Crippen LogP contribution in [-0.4, -0.2) is 37.5 Å². The van der Waals surface area contributed by atoms with E-state index in [1.807, 2.05) is 0 Å². The molecule has 2 aromatic rings. The minimum Gasteiger partial charge on any atom is -0.504 e. The number of methoxy groups -OCH3 is 3. The van der Waals surface area contributed by atoms with Crippen molar-refractivity contribution in [2.24, 2.45) is 0 Å². The highest BCUT2D eigenvalue weighted by Crippen LogP contribution is 2.53. The molecule has 0 saturated heterocycles. The molecule has 26 heavy (non-hydrogen) atoms. The molecular weight excluding hydrogens is 336 g/mol. The number of carboxylic acid groups (broad SMARTS) is 1. The lowest BCUT2D eigenvalue weighted by Gasteiger charge is -2.20. The second-order valence-electron chi connectivity index (χ2n) is 5.31. The fraction of sp³-hybridized carbons (Fsp3) is 0.150. The highest BCUT2D eigenvalue weighted by molar-refractivity contribution is 6.14. The zero-order valence-corrected chi connectivity index (χ0v) is 14.8. The van der Waals surface area contributed by atoms with Crippen LogP contribution in [0.25, 0.3) is 22.8 Å². The third-order valence-electron chi connectivity index (χ3n) is 3.95. The summed E-state index contributed by atoms with van der Waals surface area (Å²) in [5.41, 5.74) is 1.86. The van der Waals surface area contributed by atoms with Crippen LogP contribution in [0.1, 0.15) is 11.1 Å². The first kappa shape index (κ1) is 18.9. The molecule has 6 nitrogen and oxygen atoms in total. The molecule has 6 heteroatoms. The Morgan fingerprint density at radius 3 is 2.19 bits per heavy atom. The standard InChI is InChI=1S/C20H20O6/c1-6-14-15(13-9-7-8-12(10-13)11(2)20(22)23)17(24-3)19(26-5)18(25-4)16(14)21/h6-10,21H,1-2H2,3-5H3,(H,22,23). The molecule has 0 amide bonds. The van der Waals surface area contributed by atoms with Crippen molar-refractivity contribution in [2.75, 3.05) is 21.3 Å². The molecule has 0 heterocycles. The van der Waals surface area contributed by atoms with Crippen LogP contribution in [0, 0.1) is 0 Å². The van der Waals surface area contributed by atoms with Crippen LogP contribution in [0.5, 0.6) is 23.0 Å². The van der Waals surface area contributed by atoms with Gasteiger partial charge in [-0.2, -0.15) is 0 Å². The molecule has 0 atom stereocenters. The topological polar surface area (TPSA) is 85.2 Å². The van der Waals surface area contributed by atoms with Gasteiger partial charge in [0, 0.05) is 11.1 Å². The molecule has 0 unspecified atom stereocenters. The average molecular weight is 356 g/mol. The lowest BCUT2D eigenvalue weighted by atomic mass is 9.93. The Hall–Kier alpha value is -3.41. The molecule has 0 aliphatic carbocycles. The van der Waals surface area contributed by atoms with Gasteiger partial charge in [-0.1, -0.05) is 37.4 Å². The van der Waals surface area contributed by atoms with Crippen molar-refractivity contribution in [3.05, 3.63) is 48.6 Å². The van der Waals surface area contributed by atoms with Crippen LogP contribution >= 0.6 is 0 Å². The molecule has 0 aromatic heterocycles. The third-order valence-corrected chi connectivity index (χ3v) is 3.95. The van der Waals surface area contributed by atoms with Crippen molar-refractivity contribution in [2.45, 2.75) is 0 Å². The molecule has 0 fully saturated rings. The second kappa shape index (κ2) is 7.65.